The smallest absolute Gasteiger partial charge is 0.258 e. The number of aryl methyl sites for hydroxylation is 3. The van der Waals surface area contributed by atoms with Crippen molar-refractivity contribution in [2.75, 3.05) is 23.5 Å². The molecule has 9 nitrogen and oxygen atoms in total. The second-order valence-electron chi connectivity index (χ2n) is 7.70. The van der Waals surface area contributed by atoms with E-state index in [0.29, 0.717) is 41.5 Å². The average molecular weight is 561 g/mol. The van der Waals surface area contributed by atoms with Crippen molar-refractivity contribution in [3.8, 4) is 16.3 Å². The van der Waals surface area contributed by atoms with Gasteiger partial charge in [0.05, 0.1) is 17.9 Å². The van der Waals surface area contributed by atoms with E-state index in [1.54, 1.807) is 25.3 Å². The molecule has 36 heavy (non-hydrogen) atoms. The highest BCUT2D eigenvalue weighted by Gasteiger charge is 2.17. The molecule has 0 radical (unpaired) electrons. The number of hydrogen-bond donors (Lipinski definition) is 2. The Morgan fingerprint density at radius 2 is 1.67 bits per heavy atom. The van der Waals surface area contributed by atoms with E-state index in [9.17, 15) is 9.59 Å². The topological polar surface area (TPSA) is 119 Å². The molecule has 2 amide bonds. The van der Waals surface area contributed by atoms with Gasteiger partial charge < -0.3 is 4.74 Å². The van der Waals surface area contributed by atoms with Gasteiger partial charge in [0.25, 0.3) is 5.91 Å². The maximum Gasteiger partial charge on any atom is 0.258 e. The fraction of sp³-hybridized carbons (Fsp3) is 0.217. The molecule has 0 aliphatic heterocycles. The lowest BCUT2D eigenvalue weighted by atomic mass is 9.99. The molecule has 13 heteroatoms. The van der Waals surface area contributed by atoms with Gasteiger partial charge in [-0.3, -0.25) is 20.2 Å². The molecule has 2 aromatic heterocycles. The van der Waals surface area contributed by atoms with Crippen molar-refractivity contribution in [3.05, 3.63) is 57.6 Å². The Hall–Kier alpha value is -3.06. The second-order valence-corrected chi connectivity index (χ2v) is 11.3. The van der Waals surface area contributed by atoms with Crippen molar-refractivity contribution in [1.29, 1.82) is 0 Å². The zero-order chi connectivity index (χ0) is 25.8. The van der Waals surface area contributed by atoms with Crippen LogP contribution in [0.3, 0.4) is 0 Å². The first-order valence-electron chi connectivity index (χ1n) is 10.6. The third kappa shape index (κ3) is 6.19. The van der Waals surface area contributed by atoms with Crippen LogP contribution in [0.1, 0.15) is 27.0 Å². The maximum absolute atomic E-state index is 12.7. The number of halogens is 1. The minimum Gasteiger partial charge on any atom is -0.497 e. The number of carbonyl (C=O) groups is 2. The van der Waals surface area contributed by atoms with Crippen LogP contribution in [0.2, 0.25) is 5.02 Å². The molecule has 0 saturated carbocycles. The predicted octanol–water partition coefficient (Wildman–Crippen LogP) is 5.63. The lowest BCUT2D eigenvalue weighted by Crippen LogP contribution is -2.15. The van der Waals surface area contributed by atoms with Gasteiger partial charge in [-0.05, 0) is 50.1 Å². The minimum absolute atomic E-state index is 0.0909. The molecule has 2 aromatic carbocycles. The van der Waals surface area contributed by atoms with E-state index < -0.39 is 0 Å². The molecule has 0 bridgehead atoms. The van der Waals surface area contributed by atoms with Crippen LogP contribution in [-0.4, -0.2) is 45.1 Å². The normalized spacial score (nSPS) is 10.8. The Kier molecular flexibility index (Phi) is 8.19. The predicted molar refractivity (Wildman–Crippen MR) is 145 cm³/mol. The van der Waals surface area contributed by atoms with Crippen LogP contribution >= 0.6 is 46.0 Å². The zero-order valence-electron chi connectivity index (χ0n) is 19.7. The van der Waals surface area contributed by atoms with Crippen molar-refractivity contribution >= 4 is 68.1 Å². The first-order valence-corrected chi connectivity index (χ1v) is 13.6. The average Bonchev–Trinajstić information content (AvgIpc) is 3.47. The fourth-order valence-electron chi connectivity index (χ4n) is 3.48. The van der Waals surface area contributed by atoms with Crippen LogP contribution in [0, 0.1) is 20.8 Å². The molecule has 186 valence electrons. The van der Waals surface area contributed by atoms with Gasteiger partial charge in [0.2, 0.25) is 16.2 Å². The lowest BCUT2D eigenvalue weighted by Gasteiger charge is -2.10. The van der Waals surface area contributed by atoms with E-state index in [1.165, 1.54) is 34.4 Å². The Morgan fingerprint density at radius 1 is 0.972 bits per heavy atom. The second kappa shape index (κ2) is 11.3. The van der Waals surface area contributed by atoms with Crippen molar-refractivity contribution < 1.29 is 14.3 Å². The largest absolute Gasteiger partial charge is 0.497 e. The minimum atomic E-state index is -0.272. The molecule has 4 aromatic rings. The molecule has 0 saturated heterocycles. The number of anilines is 2. The Bertz CT molecular complexity index is 1420. The van der Waals surface area contributed by atoms with Crippen molar-refractivity contribution in [3.63, 3.8) is 0 Å². The van der Waals surface area contributed by atoms with E-state index >= 15 is 0 Å². The first-order chi connectivity index (χ1) is 17.2. The van der Waals surface area contributed by atoms with Gasteiger partial charge in [0.1, 0.15) is 5.75 Å². The van der Waals surface area contributed by atoms with E-state index in [1.807, 2.05) is 32.9 Å². The van der Waals surface area contributed by atoms with Gasteiger partial charge in [-0.1, -0.05) is 63.7 Å². The number of benzene rings is 2. The summed E-state index contributed by atoms with van der Waals surface area (Å²) in [7, 11) is 1.57. The summed E-state index contributed by atoms with van der Waals surface area (Å²) in [4.78, 5) is 25.2. The van der Waals surface area contributed by atoms with Gasteiger partial charge in [-0.25, -0.2) is 0 Å². The van der Waals surface area contributed by atoms with Crippen LogP contribution in [0.15, 0.2) is 34.7 Å². The molecule has 4 rings (SSSR count). The molecule has 0 aliphatic rings. The number of thioether (sulfide) groups is 1. The van der Waals surface area contributed by atoms with Crippen molar-refractivity contribution in [1.82, 2.24) is 20.4 Å². The summed E-state index contributed by atoms with van der Waals surface area (Å²) >= 11 is 9.88. The Morgan fingerprint density at radius 3 is 2.39 bits per heavy atom. The number of hydrogen-bond acceptors (Lipinski definition) is 10. The standard InChI is InChI=1S/C23H21ClN6O3S3/c1-11-7-12(2)18(13(3)8-11)19(32)26-22-29-30-23(36-22)34-10-17(31)25-21-28-27-20(35-21)15-9-14(33-4)5-6-16(15)24/h5-9H,10H2,1-4H3,(H,25,28,31)(H,26,29,32). The summed E-state index contributed by atoms with van der Waals surface area (Å²) in [6.45, 7) is 5.80. The number of nitrogens with one attached hydrogen (secondary N) is 2. The Balaban J connectivity index is 1.32. The number of nitrogens with zero attached hydrogens (tertiary/aromatic N) is 4. The molecule has 2 N–H and O–H groups in total. The lowest BCUT2D eigenvalue weighted by molar-refractivity contribution is -0.113. The summed E-state index contributed by atoms with van der Waals surface area (Å²) in [5.74, 6) is 0.223. The molecule has 0 unspecified atom stereocenters. The number of carbonyl (C=O) groups excluding carboxylic acids is 2. The fourth-order valence-corrected chi connectivity index (χ4v) is 6.08. The van der Waals surface area contributed by atoms with Gasteiger partial charge in [-0.2, -0.15) is 0 Å². The summed E-state index contributed by atoms with van der Waals surface area (Å²) in [6, 6.07) is 9.16. The highest BCUT2D eigenvalue weighted by Crippen LogP contribution is 2.34. The highest BCUT2D eigenvalue weighted by molar-refractivity contribution is 8.01. The molecule has 2 heterocycles. The van der Waals surface area contributed by atoms with E-state index in [4.69, 9.17) is 16.3 Å². The van der Waals surface area contributed by atoms with Crippen LogP contribution < -0.4 is 15.4 Å². The van der Waals surface area contributed by atoms with Crippen molar-refractivity contribution in [2.24, 2.45) is 0 Å². The van der Waals surface area contributed by atoms with Crippen LogP contribution in [0.4, 0.5) is 10.3 Å². The highest BCUT2D eigenvalue weighted by atomic mass is 35.5. The maximum atomic E-state index is 12.7. The molecule has 0 fully saturated rings. The molecule has 0 spiro atoms. The molecular weight excluding hydrogens is 540 g/mol. The summed E-state index contributed by atoms with van der Waals surface area (Å²) in [5, 5.41) is 23.5. The number of methoxy groups -OCH3 is 1. The molecular formula is C23H21ClN6O3S3. The summed E-state index contributed by atoms with van der Waals surface area (Å²) in [5.41, 5.74) is 4.19. The number of ether oxygens (including phenoxy) is 1. The van der Waals surface area contributed by atoms with E-state index in [2.05, 4.69) is 31.0 Å². The van der Waals surface area contributed by atoms with Gasteiger partial charge in [-0.15, -0.1) is 20.4 Å². The van der Waals surface area contributed by atoms with Crippen LogP contribution in [-0.2, 0) is 4.79 Å². The van der Waals surface area contributed by atoms with Gasteiger partial charge >= 0.3 is 0 Å². The van der Waals surface area contributed by atoms with Gasteiger partial charge in [0.15, 0.2) is 9.35 Å². The van der Waals surface area contributed by atoms with E-state index in [-0.39, 0.29) is 17.6 Å². The van der Waals surface area contributed by atoms with E-state index in [0.717, 1.165) is 16.7 Å². The summed E-state index contributed by atoms with van der Waals surface area (Å²) in [6.07, 6.45) is 0. The van der Waals surface area contributed by atoms with Crippen molar-refractivity contribution in [2.45, 2.75) is 25.1 Å². The van der Waals surface area contributed by atoms with Crippen LogP contribution in [0.5, 0.6) is 5.75 Å². The van der Waals surface area contributed by atoms with Crippen LogP contribution in [0.25, 0.3) is 10.6 Å². The summed E-state index contributed by atoms with van der Waals surface area (Å²) < 4.78 is 5.78. The molecule has 0 aliphatic carbocycles. The number of rotatable bonds is 8. The SMILES string of the molecule is COc1ccc(Cl)c(-c2nnc(NC(=O)CSc3nnc(NC(=O)c4c(C)cc(C)cc4C)s3)s2)c1. The monoisotopic (exact) mass is 560 g/mol. The first kappa shape index (κ1) is 26.0. The zero-order valence-corrected chi connectivity index (χ0v) is 22.9. The Labute approximate surface area is 224 Å². The third-order valence-electron chi connectivity index (χ3n) is 4.93. The number of aromatic nitrogens is 4. The van der Waals surface area contributed by atoms with Gasteiger partial charge in [0, 0.05) is 11.1 Å². The quantitative estimate of drug-likeness (QED) is 0.210. The molecule has 0 atom stereocenters. The third-order valence-corrected chi connectivity index (χ3v) is 8.11. The number of amides is 2.